The average Bonchev–Trinajstić information content (AvgIpc) is 3.06. The van der Waals surface area contributed by atoms with Crippen LogP contribution in [0.3, 0.4) is 0 Å². The molecule has 3 rings (SSSR count). The Balaban J connectivity index is 1.64. The number of hydrogen-bond donors (Lipinski definition) is 0. The first-order valence-corrected chi connectivity index (χ1v) is 8.91. The molecular formula is C15H13Br3O2. The van der Waals surface area contributed by atoms with Crippen LogP contribution in [-0.4, -0.2) is 5.97 Å². The minimum Gasteiger partial charge on any atom is -0.461 e. The zero-order chi connectivity index (χ0) is 14.3. The fraction of sp³-hybridized carbons (Fsp3) is 0.400. The number of esters is 1. The van der Waals surface area contributed by atoms with Crippen LogP contribution in [0.25, 0.3) is 0 Å². The van der Waals surface area contributed by atoms with Crippen molar-refractivity contribution in [1.29, 1.82) is 0 Å². The van der Waals surface area contributed by atoms with E-state index in [1.54, 1.807) is 0 Å². The van der Waals surface area contributed by atoms with Gasteiger partial charge in [-0.25, -0.2) is 0 Å². The maximum absolute atomic E-state index is 12.2. The van der Waals surface area contributed by atoms with E-state index in [9.17, 15) is 4.79 Å². The summed E-state index contributed by atoms with van der Waals surface area (Å²) in [6.07, 6.45) is 6.47. The van der Waals surface area contributed by atoms with Crippen molar-refractivity contribution in [1.82, 2.24) is 0 Å². The zero-order valence-corrected chi connectivity index (χ0v) is 15.4. The van der Waals surface area contributed by atoms with E-state index in [0.717, 1.165) is 31.8 Å². The highest BCUT2D eigenvalue weighted by Gasteiger charge is 2.40. The second-order valence-corrected chi connectivity index (χ2v) is 7.77. The van der Waals surface area contributed by atoms with Gasteiger partial charge in [0.2, 0.25) is 0 Å². The SMILES string of the molecule is O=C(OCc1ccc(Br)c(Br)c1Br)C1CC2C=CC1C2. The van der Waals surface area contributed by atoms with E-state index in [-0.39, 0.29) is 11.9 Å². The summed E-state index contributed by atoms with van der Waals surface area (Å²) in [5.74, 6) is 0.981. The van der Waals surface area contributed by atoms with Gasteiger partial charge in [0.15, 0.2) is 0 Å². The average molecular weight is 465 g/mol. The Morgan fingerprint density at radius 1 is 1.15 bits per heavy atom. The van der Waals surface area contributed by atoms with E-state index in [1.807, 2.05) is 12.1 Å². The van der Waals surface area contributed by atoms with Crippen LogP contribution in [0, 0.1) is 17.8 Å². The van der Waals surface area contributed by atoms with Gasteiger partial charge in [0.25, 0.3) is 0 Å². The highest BCUT2D eigenvalue weighted by Crippen LogP contribution is 2.44. The van der Waals surface area contributed by atoms with E-state index in [1.165, 1.54) is 0 Å². The summed E-state index contributed by atoms with van der Waals surface area (Å²) >= 11 is 10.4. The van der Waals surface area contributed by atoms with Crippen LogP contribution in [0.1, 0.15) is 18.4 Å². The smallest absolute Gasteiger partial charge is 0.309 e. The summed E-state index contributed by atoms with van der Waals surface area (Å²) in [5.41, 5.74) is 0.965. The molecule has 1 saturated carbocycles. The molecule has 0 spiro atoms. The number of hydrogen-bond acceptors (Lipinski definition) is 2. The van der Waals surface area contributed by atoms with Gasteiger partial charge in [0, 0.05) is 19.0 Å². The normalized spacial score (nSPS) is 27.1. The molecule has 0 aromatic heterocycles. The molecule has 3 atom stereocenters. The predicted molar refractivity (Wildman–Crippen MR) is 88.2 cm³/mol. The molecule has 2 nitrogen and oxygen atoms in total. The summed E-state index contributed by atoms with van der Waals surface area (Å²) in [6.45, 7) is 0.308. The lowest BCUT2D eigenvalue weighted by molar-refractivity contribution is -0.150. The Kier molecular flexibility index (Phi) is 4.39. The molecule has 1 fully saturated rings. The number of fused-ring (bicyclic) bond motifs is 2. The van der Waals surface area contributed by atoms with Gasteiger partial charge < -0.3 is 4.74 Å². The molecule has 0 saturated heterocycles. The third-order valence-corrected chi connectivity index (χ3v) is 7.52. The molecule has 3 unspecified atom stereocenters. The Bertz CT molecular complexity index is 583. The highest BCUT2D eigenvalue weighted by atomic mass is 79.9. The second kappa shape index (κ2) is 5.93. The van der Waals surface area contributed by atoms with Crippen LogP contribution in [0.2, 0.25) is 0 Å². The van der Waals surface area contributed by atoms with Crippen molar-refractivity contribution < 1.29 is 9.53 Å². The van der Waals surface area contributed by atoms with Crippen LogP contribution in [0.15, 0.2) is 37.7 Å². The molecule has 0 heterocycles. The Morgan fingerprint density at radius 2 is 1.95 bits per heavy atom. The summed E-state index contributed by atoms with van der Waals surface area (Å²) in [6, 6.07) is 3.89. The van der Waals surface area contributed by atoms with Crippen LogP contribution < -0.4 is 0 Å². The molecule has 106 valence electrons. The van der Waals surface area contributed by atoms with Gasteiger partial charge in [0.05, 0.1) is 5.92 Å². The summed E-state index contributed by atoms with van der Waals surface area (Å²) in [4.78, 5) is 12.2. The number of benzene rings is 1. The third-order valence-electron chi connectivity index (χ3n) is 4.07. The molecule has 0 amide bonds. The van der Waals surface area contributed by atoms with Gasteiger partial charge in [-0.1, -0.05) is 18.2 Å². The Hall–Kier alpha value is -0.130. The highest BCUT2D eigenvalue weighted by molar-refractivity contribution is 9.14. The second-order valence-electron chi connectivity index (χ2n) is 5.33. The van der Waals surface area contributed by atoms with Gasteiger partial charge in [-0.2, -0.15) is 0 Å². The maximum atomic E-state index is 12.2. The van der Waals surface area contributed by atoms with Gasteiger partial charge in [0.1, 0.15) is 6.61 Å². The first-order chi connectivity index (χ1) is 9.56. The van der Waals surface area contributed by atoms with Crippen molar-refractivity contribution in [2.75, 3.05) is 0 Å². The lowest BCUT2D eigenvalue weighted by Gasteiger charge is -2.17. The number of ether oxygens (including phenoxy) is 1. The van der Waals surface area contributed by atoms with Crippen molar-refractivity contribution in [3.63, 3.8) is 0 Å². The van der Waals surface area contributed by atoms with Gasteiger partial charge >= 0.3 is 5.97 Å². The van der Waals surface area contributed by atoms with E-state index in [2.05, 4.69) is 59.9 Å². The first kappa shape index (κ1) is 14.8. The molecule has 1 aromatic rings. The molecular weight excluding hydrogens is 452 g/mol. The minimum atomic E-state index is -0.0622. The lowest BCUT2D eigenvalue weighted by atomic mass is 9.94. The van der Waals surface area contributed by atoms with Gasteiger partial charge in [-0.05, 0) is 78.5 Å². The summed E-state index contributed by atoms with van der Waals surface area (Å²) in [7, 11) is 0. The fourth-order valence-electron chi connectivity index (χ4n) is 2.99. The third kappa shape index (κ3) is 2.77. The van der Waals surface area contributed by atoms with Crippen LogP contribution in [0.5, 0.6) is 0 Å². The molecule has 0 N–H and O–H groups in total. The summed E-state index contributed by atoms with van der Waals surface area (Å²) < 4.78 is 8.33. The Labute approximate surface area is 143 Å². The number of halogens is 3. The van der Waals surface area contributed by atoms with Crippen molar-refractivity contribution >= 4 is 53.8 Å². The minimum absolute atomic E-state index is 0.0580. The van der Waals surface area contributed by atoms with Crippen LogP contribution in [-0.2, 0) is 16.1 Å². The molecule has 1 aromatic carbocycles. The predicted octanol–water partition coefficient (Wildman–Crippen LogP) is 5.23. The van der Waals surface area contributed by atoms with E-state index < -0.39 is 0 Å². The van der Waals surface area contributed by atoms with Crippen molar-refractivity contribution in [3.05, 3.63) is 43.3 Å². The maximum Gasteiger partial charge on any atom is 0.309 e. The molecule has 20 heavy (non-hydrogen) atoms. The van der Waals surface area contributed by atoms with Crippen LogP contribution >= 0.6 is 47.8 Å². The van der Waals surface area contributed by atoms with Gasteiger partial charge in [-0.15, -0.1) is 0 Å². The van der Waals surface area contributed by atoms with E-state index in [4.69, 9.17) is 4.74 Å². The standard InChI is InChI=1S/C15H13Br3O2/c16-12-4-3-10(13(17)14(12)18)7-20-15(19)11-6-8-1-2-9(11)5-8/h1-4,8-9,11H,5-7H2. The van der Waals surface area contributed by atoms with Crippen molar-refractivity contribution in [2.24, 2.45) is 17.8 Å². The monoisotopic (exact) mass is 462 g/mol. The molecule has 0 aliphatic heterocycles. The molecule has 5 heteroatoms. The summed E-state index contributed by atoms with van der Waals surface area (Å²) in [5, 5.41) is 0. The first-order valence-electron chi connectivity index (χ1n) is 6.53. The Morgan fingerprint density at radius 3 is 2.60 bits per heavy atom. The zero-order valence-electron chi connectivity index (χ0n) is 10.6. The molecule has 2 aliphatic rings. The number of rotatable bonds is 3. The molecule has 0 radical (unpaired) electrons. The van der Waals surface area contributed by atoms with E-state index in [0.29, 0.717) is 18.4 Å². The fourth-order valence-corrected chi connectivity index (χ4v) is 4.43. The number of carbonyl (C=O) groups excluding carboxylic acids is 1. The molecule has 2 bridgehead atoms. The topological polar surface area (TPSA) is 26.3 Å². The quantitative estimate of drug-likeness (QED) is 0.348. The largest absolute Gasteiger partial charge is 0.461 e. The van der Waals surface area contributed by atoms with Crippen molar-refractivity contribution in [3.8, 4) is 0 Å². The van der Waals surface area contributed by atoms with E-state index >= 15 is 0 Å². The number of allylic oxidation sites excluding steroid dienone is 2. The van der Waals surface area contributed by atoms with Crippen molar-refractivity contribution in [2.45, 2.75) is 19.4 Å². The lowest BCUT2D eigenvalue weighted by Crippen LogP contribution is -2.21. The number of carbonyl (C=O) groups is 1. The van der Waals surface area contributed by atoms with Crippen LogP contribution in [0.4, 0.5) is 0 Å². The molecule has 2 aliphatic carbocycles. The van der Waals surface area contributed by atoms with Gasteiger partial charge in [-0.3, -0.25) is 4.79 Å².